The predicted octanol–water partition coefficient (Wildman–Crippen LogP) is 5.20. The summed E-state index contributed by atoms with van der Waals surface area (Å²) in [5, 5.41) is 12.7. The molecular weight excluding hydrogens is 444 g/mol. The largest absolute Gasteiger partial charge is 0.493 e. The van der Waals surface area contributed by atoms with Crippen LogP contribution in [0.15, 0.2) is 66.2 Å². The maximum absolute atomic E-state index is 12.5. The van der Waals surface area contributed by atoms with Crippen molar-refractivity contribution in [3.63, 3.8) is 0 Å². The number of benzene rings is 3. The van der Waals surface area contributed by atoms with Crippen molar-refractivity contribution in [2.75, 3.05) is 19.2 Å². The zero-order chi connectivity index (χ0) is 23.2. The Morgan fingerprint density at radius 2 is 1.88 bits per heavy atom. The van der Waals surface area contributed by atoms with Crippen LogP contribution in [0.1, 0.15) is 11.1 Å². The first-order chi connectivity index (χ1) is 16.1. The molecule has 0 unspecified atom stereocenters. The first kappa shape index (κ1) is 22.1. The minimum atomic E-state index is -0.526. The van der Waals surface area contributed by atoms with Crippen molar-refractivity contribution in [3.8, 4) is 29.1 Å². The minimum absolute atomic E-state index is 0.0546. The van der Waals surface area contributed by atoms with Gasteiger partial charge in [0.2, 0.25) is 6.79 Å². The van der Waals surface area contributed by atoms with Crippen molar-refractivity contribution in [2.45, 2.75) is 6.61 Å². The third-order valence-electron chi connectivity index (χ3n) is 4.80. The summed E-state index contributed by atoms with van der Waals surface area (Å²) in [6, 6.07) is 19.3. The molecule has 1 N–H and O–H groups in total. The second-order valence-electron chi connectivity index (χ2n) is 7.02. The van der Waals surface area contributed by atoms with Gasteiger partial charge < -0.3 is 24.3 Å². The molecule has 1 aliphatic heterocycles. The van der Waals surface area contributed by atoms with E-state index >= 15 is 0 Å². The van der Waals surface area contributed by atoms with E-state index in [2.05, 4.69) is 5.32 Å². The number of hydrogen-bond donors (Lipinski definition) is 1. The number of anilines is 1. The van der Waals surface area contributed by atoms with E-state index in [1.165, 1.54) is 13.2 Å². The molecule has 4 rings (SSSR count). The highest BCUT2D eigenvalue weighted by molar-refractivity contribution is 6.30. The van der Waals surface area contributed by atoms with Crippen LogP contribution in [0.4, 0.5) is 5.69 Å². The topological polar surface area (TPSA) is 89.8 Å². The molecule has 0 spiro atoms. The summed E-state index contributed by atoms with van der Waals surface area (Å²) in [7, 11) is 1.52. The lowest BCUT2D eigenvalue weighted by atomic mass is 10.1. The van der Waals surface area contributed by atoms with E-state index < -0.39 is 5.91 Å². The number of ether oxygens (including phenoxy) is 4. The fourth-order valence-electron chi connectivity index (χ4n) is 3.13. The molecule has 1 heterocycles. The van der Waals surface area contributed by atoms with Crippen LogP contribution in [-0.4, -0.2) is 19.8 Å². The third kappa shape index (κ3) is 5.37. The molecule has 3 aromatic carbocycles. The van der Waals surface area contributed by atoms with E-state index in [-0.39, 0.29) is 12.4 Å². The average Bonchev–Trinajstić information content (AvgIpc) is 3.30. The van der Waals surface area contributed by atoms with Crippen molar-refractivity contribution < 1.29 is 23.7 Å². The quantitative estimate of drug-likeness (QED) is 0.383. The second kappa shape index (κ2) is 9.98. The molecule has 0 atom stereocenters. The van der Waals surface area contributed by atoms with Crippen molar-refractivity contribution in [1.29, 1.82) is 5.26 Å². The Balaban J connectivity index is 1.46. The summed E-state index contributed by atoms with van der Waals surface area (Å²) < 4.78 is 22.0. The van der Waals surface area contributed by atoms with Gasteiger partial charge in [0.05, 0.1) is 7.11 Å². The molecule has 7 nitrogen and oxygen atoms in total. The fourth-order valence-corrected chi connectivity index (χ4v) is 3.26. The Morgan fingerprint density at radius 3 is 2.64 bits per heavy atom. The number of fused-ring (bicyclic) bond motifs is 1. The zero-order valence-corrected chi connectivity index (χ0v) is 18.4. The summed E-state index contributed by atoms with van der Waals surface area (Å²) in [6.45, 7) is 0.514. The molecular formula is C25H19ClN2O5. The van der Waals surface area contributed by atoms with Crippen molar-refractivity contribution in [2.24, 2.45) is 0 Å². The highest BCUT2D eigenvalue weighted by Crippen LogP contribution is 2.34. The van der Waals surface area contributed by atoms with Crippen molar-refractivity contribution in [3.05, 3.63) is 82.4 Å². The number of nitrogens with zero attached hydrogens (tertiary/aromatic N) is 1. The van der Waals surface area contributed by atoms with Crippen LogP contribution in [0.2, 0.25) is 5.02 Å². The third-order valence-corrected chi connectivity index (χ3v) is 5.05. The maximum Gasteiger partial charge on any atom is 0.266 e. The van der Waals surface area contributed by atoms with Crippen LogP contribution in [-0.2, 0) is 11.4 Å². The second-order valence-corrected chi connectivity index (χ2v) is 7.45. The Kier molecular flexibility index (Phi) is 6.67. The fraction of sp³-hybridized carbons (Fsp3) is 0.120. The Bertz CT molecular complexity index is 1250. The number of amides is 1. The van der Waals surface area contributed by atoms with E-state index in [1.54, 1.807) is 42.5 Å². The molecule has 3 aromatic rings. The van der Waals surface area contributed by atoms with Crippen LogP contribution in [0.3, 0.4) is 0 Å². The number of rotatable bonds is 7. The first-order valence-corrected chi connectivity index (χ1v) is 10.3. The number of hydrogen-bond acceptors (Lipinski definition) is 6. The zero-order valence-electron chi connectivity index (χ0n) is 17.6. The van der Waals surface area contributed by atoms with Gasteiger partial charge in [-0.05, 0) is 65.7 Å². The van der Waals surface area contributed by atoms with Gasteiger partial charge in [0.15, 0.2) is 23.0 Å². The Morgan fingerprint density at radius 1 is 1.09 bits per heavy atom. The van der Waals surface area contributed by atoms with Crippen LogP contribution in [0.25, 0.3) is 6.08 Å². The molecule has 0 radical (unpaired) electrons. The highest BCUT2D eigenvalue weighted by atomic mass is 35.5. The van der Waals surface area contributed by atoms with Gasteiger partial charge in [-0.1, -0.05) is 23.7 Å². The van der Waals surface area contributed by atoms with Gasteiger partial charge in [0, 0.05) is 10.7 Å². The van der Waals surface area contributed by atoms with E-state index in [0.29, 0.717) is 45.9 Å². The molecule has 8 heteroatoms. The van der Waals surface area contributed by atoms with Gasteiger partial charge in [-0.3, -0.25) is 4.79 Å². The summed E-state index contributed by atoms with van der Waals surface area (Å²) in [6.07, 6.45) is 1.48. The molecule has 0 saturated heterocycles. The number of halogens is 1. The van der Waals surface area contributed by atoms with Crippen molar-refractivity contribution >= 4 is 29.3 Å². The maximum atomic E-state index is 12.5. The SMILES string of the molecule is COc1cc(/C=C(/C#N)C(=O)Nc2ccc(Cl)cc2)ccc1OCc1ccc2c(c1)OCO2. The van der Waals surface area contributed by atoms with Crippen LogP contribution in [0, 0.1) is 11.3 Å². The lowest BCUT2D eigenvalue weighted by molar-refractivity contribution is -0.112. The molecule has 0 fully saturated rings. The molecule has 33 heavy (non-hydrogen) atoms. The van der Waals surface area contributed by atoms with E-state index in [0.717, 1.165) is 5.56 Å². The Labute approximate surface area is 195 Å². The monoisotopic (exact) mass is 462 g/mol. The number of carbonyl (C=O) groups is 1. The summed E-state index contributed by atoms with van der Waals surface area (Å²) in [5.41, 5.74) is 2.01. The predicted molar refractivity (Wildman–Crippen MR) is 124 cm³/mol. The van der Waals surface area contributed by atoms with E-state index in [1.807, 2.05) is 24.3 Å². The van der Waals surface area contributed by atoms with Gasteiger partial charge >= 0.3 is 0 Å². The molecule has 0 aromatic heterocycles. The number of carbonyl (C=O) groups excluding carboxylic acids is 1. The minimum Gasteiger partial charge on any atom is -0.493 e. The number of nitrogens with one attached hydrogen (secondary N) is 1. The van der Waals surface area contributed by atoms with Gasteiger partial charge in [-0.2, -0.15) is 5.26 Å². The summed E-state index contributed by atoms with van der Waals surface area (Å²) >= 11 is 5.86. The molecule has 0 saturated carbocycles. The number of nitriles is 1. The molecule has 166 valence electrons. The normalized spacial score (nSPS) is 12.1. The summed E-state index contributed by atoms with van der Waals surface area (Å²) in [4.78, 5) is 12.5. The van der Waals surface area contributed by atoms with Crippen LogP contribution < -0.4 is 24.3 Å². The van der Waals surface area contributed by atoms with Gasteiger partial charge in [-0.15, -0.1) is 0 Å². The molecule has 1 amide bonds. The molecule has 0 aliphatic carbocycles. The Hall–Kier alpha value is -4.15. The van der Waals surface area contributed by atoms with E-state index in [9.17, 15) is 10.1 Å². The lowest BCUT2D eigenvalue weighted by Crippen LogP contribution is -2.13. The number of methoxy groups -OCH3 is 1. The van der Waals surface area contributed by atoms with E-state index in [4.69, 9.17) is 30.5 Å². The molecule has 1 aliphatic rings. The molecule has 0 bridgehead atoms. The lowest BCUT2D eigenvalue weighted by Gasteiger charge is -2.12. The van der Waals surface area contributed by atoms with Crippen LogP contribution >= 0.6 is 11.6 Å². The smallest absolute Gasteiger partial charge is 0.266 e. The summed E-state index contributed by atoms with van der Waals surface area (Å²) in [5.74, 6) is 1.86. The first-order valence-electron chi connectivity index (χ1n) is 9.94. The highest BCUT2D eigenvalue weighted by Gasteiger charge is 2.14. The van der Waals surface area contributed by atoms with Crippen LogP contribution in [0.5, 0.6) is 23.0 Å². The van der Waals surface area contributed by atoms with Gasteiger partial charge in [-0.25, -0.2) is 0 Å². The standard InChI is InChI=1S/C25H19ClN2O5/c1-30-23-11-16(10-18(13-27)25(29)28-20-6-4-19(26)5-7-20)2-8-21(23)31-14-17-3-9-22-24(12-17)33-15-32-22/h2-12H,14-15H2,1H3,(H,28,29)/b18-10-. The van der Waals surface area contributed by atoms with Gasteiger partial charge in [0.1, 0.15) is 18.2 Å². The van der Waals surface area contributed by atoms with Crippen molar-refractivity contribution in [1.82, 2.24) is 0 Å². The van der Waals surface area contributed by atoms with Gasteiger partial charge in [0.25, 0.3) is 5.91 Å². The average molecular weight is 463 g/mol.